The minimum atomic E-state index is -0.179. The normalized spacial score (nSPS) is 10.6. The number of rotatable bonds is 7. The molecule has 0 fully saturated rings. The molecule has 3 aromatic rings. The number of ether oxygens (including phenoxy) is 1. The van der Waals surface area contributed by atoms with E-state index in [1.165, 1.54) is 0 Å². The van der Waals surface area contributed by atoms with Crippen LogP contribution < -0.4 is 10.1 Å². The molecule has 0 aliphatic rings. The third-order valence-electron chi connectivity index (χ3n) is 3.67. The van der Waals surface area contributed by atoms with Crippen molar-refractivity contribution in [3.63, 3.8) is 0 Å². The van der Waals surface area contributed by atoms with E-state index >= 15 is 0 Å². The Morgan fingerprint density at radius 1 is 1.08 bits per heavy atom. The summed E-state index contributed by atoms with van der Waals surface area (Å²) in [5, 5.41) is 11.4. The van der Waals surface area contributed by atoms with Gasteiger partial charge in [0.25, 0.3) is 5.91 Å². The summed E-state index contributed by atoms with van der Waals surface area (Å²) >= 11 is 0. The molecule has 0 radical (unpaired) electrons. The Kier molecular flexibility index (Phi) is 5.13. The minimum absolute atomic E-state index is 0.179. The number of aryl methyl sites for hydroxylation is 1. The van der Waals surface area contributed by atoms with Crippen LogP contribution in [0.4, 0.5) is 5.69 Å². The second-order valence-corrected chi connectivity index (χ2v) is 5.54. The molecule has 1 aromatic carbocycles. The zero-order chi connectivity index (χ0) is 17.6. The van der Waals surface area contributed by atoms with E-state index in [2.05, 4.69) is 15.5 Å². The number of benzene rings is 1. The highest BCUT2D eigenvalue weighted by molar-refractivity contribution is 6.04. The number of anilines is 1. The number of hydrogen-bond acceptors (Lipinski definition) is 4. The van der Waals surface area contributed by atoms with Crippen molar-refractivity contribution in [1.29, 1.82) is 0 Å². The molecule has 1 amide bonds. The van der Waals surface area contributed by atoms with Gasteiger partial charge in [-0.2, -0.15) is 10.2 Å². The van der Waals surface area contributed by atoms with Gasteiger partial charge in [-0.3, -0.25) is 14.2 Å². The second-order valence-electron chi connectivity index (χ2n) is 5.54. The van der Waals surface area contributed by atoms with Gasteiger partial charge in [0.1, 0.15) is 5.75 Å². The molecular formula is C18H21N5O2. The average Bonchev–Trinajstić information content (AvgIpc) is 3.25. The lowest BCUT2D eigenvalue weighted by Gasteiger charge is -2.05. The summed E-state index contributed by atoms with van der Waals surface area (Å²) in [4.78, 5) is 12.3. The minimum Gasteiger partial charge on any atom is -0.494 e. The molecule has 2 heterocycles. The van der Waals surface area contributed by atoms with Gasteiger partial charge in [0.2, 0.25) is 0 Å². The van der Waals surface area contributed by atoms with Crippen LogP contribution in [0.3, 0.4) is 0 Å². The molecule has 0 unspecified atom stereocenters. The third-order valence-corrected chi connectivity index (χ3v) is 3.67. The summed E-state index contributed by atoms with van der Waals surface area (Å²) in [6.07, 6.45) is 7.25. The van der Waals surface area contributed by atoms with Crippen molar-refractivity contribution in [3.8, 4) is 5.75 Å². The number of aromatic nitrogens is 4. The maximum Gasteiger partial charge on any atom is 0.255 e. The first-order valence-corrected chi connectivity index (χ1v) is 8.26. The molecule has 3 rings (SSSR count). The van der Waals surface area contributed by atoms with E-state index in [9.17, 15) is 4.79 Å². The quantitative estimate of drug-likeness (QED) is 0.718. The number of hydrogen-bond donors (Lipinski definition) is 1. The van der Waals surface area contributed by atoms with Crippen LogP contribution >= 0.6 is 0 Å². The predicted octanol–water partition coefficient (Wildman–Crippen LogP) is 2.80. The van der Waals surface area contributed by atoms with Crippen molar-refractivity contribution in [2.24, 2.45) is 0 Å². The topological polar surface area (TPSA) is 74.0 Å². The third kappa shape index (κ3) is 4.26. The fourth-order valence-electron chi connectivity index (χ4n) is 2.44. The molecule has 2 aromatic heterocycles. The fraction of sp³-hybridized carbons (Fsp3) is 0.278. The summed E-state index contributed by atoms with van der Waals surface area (Å²) in [7, 11) is 0. The number of carbonyl (C=O) groups is 1. The molecule has 25 heavy (non-hydrogen) atoms. The van der Waals surface area contributed by atoms with E-state index in [0.29, 0.717) is 24.4 Å². The molecule has 7 nitrogen and oxygen atoms in total. The zero-order valence-electron chi connectivity index (χ0n) is 14.3. The first kappa shape index (κ1) is 16.8. The fourth-order valence-corrected chi connectivity index (χ4v) is 2.44. The molecule has 0 atom stereocenters. The van der Waals surface area contributed by atoms with Gasteiger partial charge in [0.15, 0.2) is 0 Å². The molecule has 130 valence electrons. The standard InChI is InChI=1S/C18H21N5O2/c1-3-22-11-14(9-19-22)12-23-13-16(10-20-23)21-18(24)15-5-7-17(8-6-15)25-4-2/h5-11,13H,3-4,12H2,1-2H3,(H,21,24). The molecule has 1 N–H and O–H groups in total. The summed E-state index contributed by atoms with van der Waals surface area (Å²) < 4.78 is 9.01. The highest BCUT2D eigenvalue weighted by Crippen LogP contribution is 2.14. The molecule has 0 aliphatic heterocycles. The van der Waals surface area contributed by atoms with Gasteiger partial charge in [-0.25, -0.2) is 0 Å². The van der Waals surface area contributed by atoms with Gasteiger partial charge in [-0.05, 0) is 38.1 Å². The summed E-state index contributed by atoms with van der Waals surface area (Å²) in [5.41, 5.74) is 2.29. The maximum atomic E-state index is 12.3. The molecule has 0 aliphatic carbocycles. The SMILES string of the molecule is CCOc1ccc(C(=O)Nc2cnn(Cc3cnn(CC)c3)c2)cc1. The Morgan fingerprint density at radius 2 is 1.84 bits per heavy atom. The Morgan fingerprint density at radius 3 is 2.52 bits per heavy atom. The maximum absolute atomic E-state index is 12.3. The Hall–Kier alpha value is -3.09. The van der Waals surface area contributed by atoms with Crippen molar-refractivity contribution in [3.05, 3.63) is 60.2 Å². The van der Waals surface area contributed by atoms with Crippen LogP contribution in [0.15, 0.2) is 49.1 Å². The van der Waals surface area contributed by atoms with Crippen LogP contribution in [0.1, 0.15) is 29.8 Å². The van der Waals surface area contributed by atoms with Gasteiger partial charge >= 0.3 is 0 Å². The lowest BCUT2D eigenvalue weighted by atomic mass is 10.2. The highest BCUT2D eigenvalue weighted by Gasteiger charge is 2.08. The first-order chi connectivity index (χ1) is 12.2. The largest absolute Gasteiger partial charge is 0.494 e. The highest BCUT2D eigenvalue weighted by atomic mass is 16.5. The number of nitrogens with one attached hydrogen (secondary N) is 1. The predicted molar refractivity (Wildman–Crippen MR) is 94.8 cm³/mol. The molecule has 0 saturated carbocycles. The van der Waals surface area contributed by atoms with Gasteiger partial charge in [0.05, 0.1) is 31.2 Å². The van der Waals surface area contributed by atoms with Gasteiger partial charge in [0, 0.05) is 30.1 Å². The van der Waals surface area contributed by atoms with Crippen molar-refractivity contribution in [2.45, 2.75) is 26.9 Å². The van der Waals surface area contributed by atoms with Crippen molar-refractivity contribution in [2.75, 3.05) is 11.9 Å². The Balaban J connectivity index is 1.61. The van der Waals surface area contributed by atoms with Crippen LogP contribution in [0.5, 0.6) is 5.75 Å². The van der Waals surface area contributed by atoms with E-state index in [0.717, 1.165) is 17.9 Å². The van der Waals surface area contributed by atoms with Crippen molar-refractivity contribution < 1.29 is 9.53 Å². The Bertz CT molecular complexity index is 835. The van der Waals surface area contributed by atoms with E-state index in [1.54, 1.807) is 41.3 Å². The summed E-state index contributed by atoms with van der Waals surface area (Å²) in [6, 6.07) is 7.05. The lowest BCUT2D eigenvalue weighted by molar-refractivity contribution is 0.102. The van der Waals surface area contributed by atoms with Gasteiger partial charge in [-0.15, -0.1) is 0 Å². The van der Waals surface area contributed by atoms with Crippen molar-refractivity contribution in [1.82, 2.24) is 19.6 Å². The summed E-state index contributed by atoms with van der Waals surface area (Å²) in [5.74, 6) is 0.570. The smallest absolute Gasteiger partial charge is 0.255 e. The van der Waals surface area contributed by atoms with Crippen LogP contribution in [-0.2, 0) is 13.1 Å². The van der Waals surface area contributed by atoms with Crippen molar-refractivity contribution >= 4 is 11.6 Å². The van der Waals surface area contributed by atoms with Gasteiger partial charge in [-0.1, -0.05) is 0 Å². The first-order valence-electron chi connectivity index (χ1n) is 8.26. The molecule has 7 heteroatoms. The van der Waals surface area contributed by atoms with Gasteiger partial charge < -0.3 is 10.1 Å². The Labute approximate surface area is 146 Å². The van der Waals surface area contributed by atoms with Crippen LogP contribution in [0.25, 0.3) is 0 Å². The average molecular weight is 339 g/mol. The van der Waals surface area contributed by atoms with Crippen LogP contribution in [-0.4, -0.2) is 32.1 Å². The molecular weight excluding hydrogens is 318 g/mol. The number of nitrogens with zero attached hydrogens (tertiary/aromatic N) is 4. The zero-order valence-corrected chi connectivity index (χ0v) is 14.3. The molecule has 0 saturated heterocycles. The number of amides is 1. The molecule has 0 bridgehead atoms. The van der Waals surface area contributed by atoms with E-state index < -0.39 is 0 Å². The number of carbonyl (C=O) groups excluding carboxylic acids is 1. The van der Waals surface area contributed by atoms with E-state index in [4.69, 9.17) is 4.74 Å². The van der Waals surface area contributed by atoms with E-state index in [-0.39, 0.29) is 5.91 Å². The van der Waals surface area contributed by atoms with E-state index in [1.807, 2.05) is 30.9 Å². The van der Waals surface area contributed by atoms with Crippen LogP contribution in [0.2, 0.25) is 0 Å². The monoisotopic (exact) mass is 339 g/mol. The summed E-state index contributed by atoms with van der Waals surface area (Å²) in [6.45, 7) is 6.01. The van der Waals surface area contributed by atoms with Crippen LogP contribution in [0, 0.1) is 0 Å². The second kappa shape index (κ2) is 7.65. The lowest BCUT2D eigenvalue weighted by Crippen LogP contribution is -2.11. The molecule has 0 spiro atoms.